The standard InChI is InChI=1S/C7H8NO2S/c1-2-11(9,10)7-5-3-4-6-8-7/h3,5-6H,2H2,1H3. The van der Waals surface area contributed by atoms with Crippen molar-refractivity contribution in [3.63, 3.8) is 0 Å². The molecule has 1 aromatic heterocycles. The highest BCUT2D eigenvalue weighted by molar-refractivity contribution is 7.91. The molecule has 1 aromatic rings. The van der Waals surface area contributed by atoms with Gasteiger partial charge < -0.3 is 0 Å². The summed E-state index contributed by atoms with van der Waals surface area (Å²) in [5.74, 6) is 0.0873. The van der Waals surface area contributed by atoms with Crippen LogP contribution in [-0.4, -0.2) is 19.2 Å². The van der Waals surface area contributed by atoms with Gasteiger partial charge in [0, 0.05) is 12.3 Å². The maximum absolute atomic E-state index is 11.1. The number of nitrogens with zero attached hydrogens (tertiary/aromatic N) is 1. The summed E-state index contributed by atoms with van der Waals surface area (Å²) in [6, 6.07) is 5.63. The van der Waals surface area contributed by atoms with Crippen molar-refractivity contribution in [3.8, 4) is 0 Å². The molecule has 1 rings (SSSR count). The fourth-order valence-corrected chi connectivity index (χ4v) is 1.42. The second kappa shape index (κ2) is 3.00. The van der Waals surface area contributed by atoms with E-state index < -0.39 is 9.84 Å². The van der Waals surface area contributed by atoms with E-state index in [0.29, 0.717) is 0 Å². The van der Waals surface area contributed by atoms with Crippen LogP contribution in [0.5, 0.6) is 0 Å². The molecular formula is C7H8NO2S. The molecule has 0 unspecified atom stereocenters. The summed E-state index contributed by atoms with van der Waals surface area (Å²) in [6.45, 7) is 1.59. The first-order valence-corrected chi connectivity index (χ1v) is 4.87. The van der Waals surface area contributed by atoms with Gasteiger partial charge in [-0.05, 0) is 12.1 Å². The lowest BCUT2D eigenvalue weighted by atomic mass is 10.5. The van der Waals surface area contributed by atoms with E-state index in [1.54, 1.807) is 6.92 Å². The van der Waals surface area contributed by atoms with Gasteiger partial charge in [0.25, 0.3) is 0 Å². The van der Waals surface area contributed by atoms with Crippen LogP contribution in [0.25, 0.3) is 0 Å². The zero-order chi connectivity index (χ0) is 8.32. The van der Waals surface area contributed by atoms with Crippen molar-refractivity contribution >= 4 is 9.84 Å². The molecule has 0 saturated carbocycles. The van der Waals surface area contributed by atoms with Crippen LogP contribution in [-0.2, 0) is 9.84 Å². The molecule has 0 aliphatic heterocycles. The highest BCUT2D eigenvalue weighted by Gasteiger charge is 2.10. The topological polar surface area (TPSA) is 47.0 Å². The van der Waals surface area contributed by atoms with Gasteiger partial charge in [0.15, 0.2) is 14.9 Å². The number of hydrogen-bond acceptors (Lipinski definition) is 3. The van der Waals surface area contributed by atoms with Crippen LogP contribution in [0.3, 0.4) is 0 Å². The number of pyridine rings is 1. The molecule has 0 aliphatic rings. The van der Waals surface area contributed by atoms with Gasteiger partial charge in [0.1, 0.15) is 0 Å². The number of sulfone groups is 1. The van der Waals surface area contributed by atoms with Crippen molar-refractivity contribution < 1.29 is 8.42 Å². The Balaban J connectivity index is 3.14. The molecule has 4 heteroatoms. The highest BCUT2D eigenvalue weighted by Crippen LogP contribution is 2.04. The van der Waals surface area contributed by atoms with Crippen LogP contribution in [0.1, 0.15) is 6.92 Å². The third kappa shape index (κ3) is 1.77. The first-order chi connectivity index (χ1) is 5.17. The summed E-state index contributed by atoms with van der Waals surface area (Å²) in [4.78, 5) is 3.68. The Bertz CT molecular complexity index is 318. The van der Waals surface area contributed by atoms with Gasteiger partial charge in [-0.25, -0.2) is 13.4 Å². The van der Waals surface area contributed by atoms with Gasteiger partial charge in [-0.3, -0.25) is 0 Å². The monoisotopic (exact) mass is 170 g/mol. The lowest BCUT2D eigenvalue weighted by Crippen LogP contribution is -2.05. The smallest absolute Gasteiger partial charge is 0.195 e. The van der Waals surface area contributed by atoms with Crippen LogP contribution in [0.4, 0.5) is 0 Å². The summed E-state index contributed by atoms with van der Waals surface area (Å²) >= 11 is 0. The zero-order valence-corrected chi connectivity index (χ0v) is 6.93. The van der Waals surface area contributed by atoms with Crippen molar-refractivity contribution in [2.75, 3.05) is 5.75 Å². The van der Waals surface area contributed by atoms with Crippen LogP contribution < -0.4 is 0 Å². The van der Waals surface area contributed by atoms with Crippen LogP contribution in [0.2, 0.25) is 0 Å². The predicted octanol–water partition coefficient (Wildman–Crippen LogP) is 0.675. The Morgan fingerprint density at radius 1 is 1.64 bits per heavy atom. The maximum atomic E-state index is 11.1. The Hall–Kier alpha value is -0.900. The minimum Gasteiger partial charge on any atom is -0.244 e. The minimum atomic E-state index is -3.13. The minimum absolute atomic E-state index is 0.0873. The molecule has 1 heterocycles. The molecule has 0 saturated heterocycles. The van der Waals surface area contributed by atoms with Gasteiger partial charge in [0.2, 0.25) is 0 Å². The van der Waals surface area contributed by atoms with Gasteiger partial charge >= 0.3 is 0 Å². The summed E-state index contributed by atoms with van der Waals surface area (Å²) in [7, 11) is -3.13. The molecule has 0 aliphatic carbocycles. The lowest BCUT2D eigenvalue weighted by molar-refractivity contribution is 0.593. The SMILES string of the molecule is CCS(=O)(=O)c1cc[c]cn1. The third-order valence-electron chi connectivity index (χ3n) is 1.29. The molecule has 0 spiro atoms. The lowest BCUT2D eigenvalue weighted by Gasteiger charge is -1.96. The van der Waals surface area contributed by atoms with Crippen LogP contribution in [0.15, 0.2) is 23.4 Å². The first kappa shape index (κ1) is 8.20. The zero-order valence-electron chi connectivity index (χ0n) is 6.11. The Morgan fingerprint density at radius 3 is 2.82 bits per heavy atom. The summed E-state index contributed by atoms with van der Waals surface area (Å²) < 4.78 is 22.2. The van der Waals surface area contributed by atoms with E-state index in [-0.39, 0.29) is 10.8 Å². The normalized spacial score (nSPS) is 11.4. The fourth-order valence-electron chi connectivity index (χ4n) is 0.638. The van der Waals surface area contributed by atoms with Gasteiger partial charge in [-0.2, -0.15) is 0 Å². The van der Waals surface area contributed by atoms with E-state index in [1.807, 2.05) is 0 Å². The largest absolute Gasteiger partial charge is 0.244 e. The maximum Gasteiger partial charge on any atom is 0.195 e. The average Bonchev–Trinajstić information content (AvgIpc) is 2.06. The molecule has 0 bridgehead atoms. The summed E-state index contributed by atoms with van der Waals surface area (Å²) in [6.07, 6.45) is 1.35. The van der Waals surface area contributed by atoms with Gasteiger partial charge in [-0.15, -0.1) is 0 Å². The van der Waals surface area contributed by atoms with Crippen LogP contribution >= 0.6 is 0 Å². The Labute approximate surface area is 66.0 Å². The van der Waals surface area contributed by atoms with Gasteiger partial charge in [0.05, 0.1) is 5.75 Å². The molecule has 1 radical (unpaired) electrons. The van der Waals surface area contributed by atoms with E-state index in [2.05, 4.69) is 11.1 Å². The van der Waals surface area contributed by atoms with E-state index in [1.165, 1.54) is 18.3 Å². The molecular weight excluding hydrogens is 162 g/mol. The van der Waals surface area contributed by atoms with Crippen molar-refractivity contribution in [2.24, 2.45) is 0 Å². The number of aromatic nitrogens is 1. The molecule has 0 aromatic carbocycles. The van der Waals surface area contributed by atoms with Crippen molar-refractivity contribution in [2.45, 2.75) is 11.9 Å². The van der Waals surface area contributed by atoms with Gasteiger partial charge in [-0.1, -0.05) is 6.92 Å². The average molecular weight is 170 g/mol. The van der Waals surface area contributed by atoms with E-state index >= 15 is 0 Å². The molecule has 11 heavy (non-hydrogen) atoms. The second-order valence-electron chi connectivity index (χ2n) is 2.00. The Kier molecular flexibility index (Phi) is 2.24. The van der Waals surface area contributed by atoms with E-state index in [9.17, 15) is 8.42 Å². The third-order valence-corrected chi connectivity index (χ3v) is 2.93. The molecule has 0 amide bonds. The van der Waals surface area contributed by atoms with Crippen molar-refractivity contribution in [3.05, 3.63) is 24.4 Å². The highest BCUT2D eigenvalue weighted by atomic mass is 32.2. The van der Waals surface area contributed by atoms with Crippen molar-refractivity contribution in [1.29, 1.82) is 0 Å². The molecule has 0 N–H and O–H groups in total. The fraction of sp³-hybridized carbons (Fsp3) is 0.286. The second-order valence-corrected chi connectivity index (χ2v) is 4.22. The Morgan fingerprint density at radius 2 is 2.36 bits per heavy atom. The quantitative estimate of drug-likeness (QED) is 0.655. The summed E-state index contributed by atoms with van der Waals surface area (Å²) in [5, 5.41) is 0.124. The van der Waals surface area contributed by atoms with E-state index in [4.69, 9.17) is 0 Å². The molecule has 59 valence electrons. The molecule has 3 nitrogen and oxygen atoms in total. The summed E-state index contributed by atoms with van der Waals surface area (Å²) in [5.41, 5.74) is 0. The predicted molar refractivity (Wildman–Crippen MR) is 40.8 cm³/mol. The molecule has 0 atom stereocenters. The van der Waals surface area contributed by atoms with E-state index in [0.717, 1.165) is 0 Å². The molecule has 0 fully saturated rings. The van der Waals surface area contributed by atoms with Crippen LogP contribution in [0, 0.1) is 6.07 Å². The number of hydrogen-bond donors (Lipinski definition) is 0. The van der Waals surface area contributed by atoms with Crippen molar-refractivity contribution in [1.82, 2.24) is 4.98 Å². The first-order valence-electron chi connectivity index (χ1n) is 3.21. The number of rotatable bonds is 2.